The minimum Gasteiger partial charge on any atom is -0.405 e. The molecule has 0 aliphatic heterocycles. The molecule has 0 unspecified atom stereocenters. The third-order valence-corrected chi connectivity index (χ3v) is 2.58. The van der Waals surface area contributed by atoms with Gasteiger partial charge in [0, 0.05) is 11.1 Å². The third-order valence-electron chi connectivity index (χ3n) is 2.58. The molecule has 0 aliphatic rings. The first-order valence-electron chi connectivity index (χ1n) is 5.78. The molecule has 1 heterocycles. The summed E-state index contributed by atoms with van der Waals surface area (Å²) in [5.41, 5.74) is 0.0849. The number of benzene rings is 1. The molecule has 0 radical (unpaired) electrons. The maximum atomic E-state index is 13.7. The van der Waals surface area contributed by atoms with Crippen molar-refractivity contribution >= 4 is 0 Å². The highest BCUT2D eigenvalue weighted by atomic mass is 19.4. The molecule has 7 heteroatoms. The minimum atomic E-state index is -4.85. The Kier molecular flexibility index (Phi) is 4.08. The van der Waals surface area contributed by atoms with Gasteiger partial charge in [0.05, 0.1) is 18.2 Å². The summed E-state index contributed by atoms with van der Waals surface area (Å²) in [4.78, 5) is 3.59. The lowest BCUT2D eigenvalue weighted by Gasteiger charge is -2.13. The van der Waals surface area contributed by atoms with Crippen molar-refractivity contribution in [3.8, 4) is 23.1 Å². The van der Waals surface area contributed by atoms with Crippen molar-refractivity contribution in [1.82, 2.24) is 4.98 Å². The Morgan fingerprint density at radius 1 is 1.14 bits per heavy atom. The summed E-state index contributed by atoms with van der Waals surface area (Å²) < 4.78 is 54.5. The second kappa shape index (κ2) is 5.79. The number of nitriles is 1. The molecular formula is C14H8F4N2O. The first-order valence-corrected chi connectivity index (χ1v) is 5.78. The van der Waals surface area contributed by atoms with Crippen molar-refractivity contribution in [2.75, 3.05) is 0 Å². The van der Waals surface area contributed by atoms with E-state index >= 15 is 0 Å². The molecule has 0 spiro atoms. The summed E-state index contributed by atoms with van der Waals surface area (Å²) in [7, 11) is 0. The molecule has 108 valence electrons. The Balaban J connectivity index is 2.43. The van der Waals surface area contributed by atoms with Gasteiger partial charge in [-0.3, -0.25) is 0 Å². The molecule has 21 heavy (non-hydrogen) atoms. The maximum absolute atomic E-state index is 13.7. The van der Waals surface area contributed by atoms with E-state index < -0.39 is 18.1 Å². The van der Waals surface area contributed by atoms with Crippen LogP contribution in [0.15, 0.2) is 36.4 Å². The molecule has 1 aromatic heterocycles. The van der Waals surface area contributed by atoms with Crippen LogP contribution in [0.2, 0.25) is 0 Å². The molecule has 0 saturated carbocycles. The van der Waals surface area contributed by atoms with Crippen LogP contribution in [-0.2, 0) is 6.42 Å². The average molecular weight is 296 g/mol. The molecule has 1 aromatic carbocycles. The smallest absolute Gasteiger partial charge is 0.405 e. The molecule has 0 amide bonds. The van der Waals surface area contributed by atoms with E-state index in [1.165, 1.54) is 30.3 Å². The van der Waals surface area contributed by atoms with Crippen molar-refractivity contribution in [2.45, 2.75) is 12.8 Å². The highest BCUT2D eigenvalue weighted by Gasteiger charge is 2.32. The maximum Gasteiger partial charge on any atom is 0.573 e. The Morgan fingerprint density at radius 2 is 1.86 bits per heavy atom. The van der Waals surface area contributed by atoms with Gasteiger partial charge in [0.2, 0.25) is 5.95 Å². The van der Waals surface area contributed by atoms with Gasteiger partial charge in [-0.15, -0.1) is 13.2 Å². The predicted molar refractivity (Wildman–Crippen MR) is 65.6 cm³/mol. The number of pyridine rings is 1. The Morgan fingerprint density at radius 3 is 2.48 bits per heavy atom. The van der Waals surface area contributed by atoms with Gasteiger partial charge in [-0.05, 0) is 18.2 Å². The zero-order chi connectivity index (χ0) is 15.5. The SMILES string of the molecule is N#CCc1ccc(-c2ccccc2OC(F)(F)F)nc1F. The molecule has 0 saturated heterocycles. The lowest BCUT2D eigenvalue weighted by atomic mass is 10.1. The van der Waals surface area contributed by atoms with Crippen molar-refractivity contribution in [3.63, 3.8) is 0 Å². The third kappa shape index (κ3) is 3.69. The van der Waals surface area contributed by atoms with E-state index in [9.17, 15) is 17.6 Å². The molecular weight excluding hydrogens is 288 g/mol. The van der Waals surface area contributed by atoms with Gasteiger partial charge in [0.1, 0.15) is 5.75 Å². The average Bonchev–Trinajstić information content (AvgIpc) is 2.40. The fourth-order valence-electron chi connectivity index (χ4n) is 1.72. The normalized spacial score (nSPS) is 11.0. The Bertz CT molecular complexity index is 692. The Hall–Kier alpha value is -2.62. The minimum absolute atomic E-state index is 0.00552. The zero-order valence-electron chi connectivity index (χ0n) is 10.5. The summed E-state index contributed by atoms with van der Waals surface area (Å²) >= 11 is 0. The molecule has 2 rings (SSSR count). The summed E-state index contributed by atoms with van der Waals surface area (Å²) in [6.45, 7) is 0. The van der Waals surface area contributed by atoms with Crippen LogP contribution in [0, 0.1) is 17.3 Å². The Labute approximate surface area is 117 Å². The van der Waals surface area contributed by atoms with Gasteiger partial charge in [0.15, 0.2) is 0 Å². The number of para-hydroxylation sites is 1. The van der Waals surface area contributed by atoms with Crippen LogP contribution in [0.4, 0.5) is 17.6 Å². The van der Waals surface area contributed by atoms with E-state index in [1.807, 2.05) is 0 Å². The fraction of sp³-hybridized carbons (Fsp3) is 0.143. The highest BCUT2D eigenvalue weighted by molar-refractivity contribution is 5.67. The molecule has 0 fully saturated rings. The molecule has 0 bridgehead atoms. The van der Waals surface area contributed by atoms with Gasteiger partial charge in [-0.25, -0.2) is 4.98 Å². The number of nitrogens with zero attached hydrogens (tertiary/aromatic N) is 2. The van der Waals surface area contributed by atoms with Crippen LogP contribution < -0.4 is 4.74 Å². The summed E-state index contributed by atoms with van der Waals surface area (Å²) in [5, 5.41) is 8.51. The number of aromatic nitrogens is 1. The number of ether oxygens (including phenoxy) is 1. The quantitative estimate of drug-likeness (QED) is 0.638. The molecule has 2 aromatic rings. The predicted octanol–water partition coefficient (Wildman–Crippen LogP) is 3.85. The lowest BCUT2D eigenvalue weighted by Crippen LogP contribution is -2.17. The second-order valence-corrected chi connectivity index (χ2v) is 4.03. The number of alkyl halides is 3. The van der Waals surface area contributed by atoms with Gasteiger partial charge in [0.25, 0.3) is 0 Å². The zero-order valence-corrected chi connectivity index (χ0v) is 10.5. The van der Waals surface area contributed by atoms with Crippen molar-refractivity contribution in [2.24, 2.45) is 0 Å². The first kappa shape index (κ1) is 14.8. The van der Waals surface area contributed by atoms with Crippen LogP contribution in [0.1, 0.15) is 5.56 Å². The largest absolute Gasteiger partial charge is 0.573 e. The van der Waals surface area contributed by atoms with E-state index in [0.29, 0.717) is 0 Å². The molecule has 0 atom stereocenters. The van der Waals surface area contributed by atoms with Crippen LogP contribution in [-0.4, -0.2) is 11.3 Å². The lowest BCUT2D eigenvalue weighted by molar-refractivity contribution is -0.274. The van der Waals surface area contributed by atoms with Crippen molar-refractivity contribution in [1.29, 1.82) is 5.26 Å². The summed E-state index contributed by atoms with van der Waals surface area (Å²) in [5.74, 6) is -1.36. The number of hydrogen-bond donors (Lipinski definition) is 0. The van der Waals surface area contributed by atoms with Crippen LogP contribution in [0.25, 0.3) is 11.3 Å². The van der Waals surface area contributed by atoms with Gasteiger partial charge < -0.3 is 4.74 Å². The second-order valence-electron chi connectivity index (χ2n) is 4.03. The van der Waals surface area contributed by atoms with Crippen LogP contribution >= 0.6 is 0 Å². The first-order chi connectivity index (χ1) is 9.90. The molecule has 0 N–H and O–H groups in total. The van der Waals surface area contributed by atoms with Gasteiger partial charge >= 0.3 is 6.36 Å². The van der Waals surface area contributed by atoms with Gasteiger partial charge in [-0.1, -0.05) is 18.2 Å². The monoisotopic (exact) mass is 296 g/mol. The standard InChI is InChI=1S/C14H8F4N2O/c15-13-9(7-8-19)5-6-11(20-13)10-3-1-2-4-12(10)21-14(16,17)18/h1-6H,7H2. The molecule has 0 aliphatic carbocycles. The topological polar surface area (TPSA) is 45.9 Å². The van der Waals surface area contributed by atoms with Crippen LogP contribution in [0.3, 0.4) is 0 Å². The van der Waals surface area contributed by atoms with Crippen LogP contribution in [0.5, 0.6) is 5.75 Å². The van der Waals surface area contributed by atoms with E-state index in [1.54, 1.807) is 6.07 Å². The number of rotatable bonds is 3. The summed E-state index contributed by atoms with van der Waals surface area (Å²) in [6.07, 6.45) is -5.02. The van der Waals surface area contributed by atoms with Crippen molar-refractivity contribution in [3.05, 3.63) is 47.9 Å². The number of hydrogen-bond acceptors (Lipinski definition) is 3. The van der Waals surface area contributed by atoms with E-state index in [2.05, 4.69) is 9.72 Å². The highest BCUT2D eigenvalue weighted by Crippen LogP contribution is 2.32. The fourth-order valence-corrected chi connectivity index (χ4v) is 1.72. The van der Waals surface area contributed by atoms with Gasteiger partial charge in [-0.2, -0.15) is 9.65 Å². The van der Waals surface area contributed by atoms with E-state index in [4.69, 9.17) is 5.26 Å². The van der Waals surface area contributed by atoms with Crippen molar-refractivity contribution < 1.29 is 22.3 Å². The van der Waals surface area contributed by atoms with E-state index in [0.717, 1.165) is 6.07 Å². The number of halogens is 4. The summed E-state index contributed by atoms with van der Waals surface area (Å²) in [6, 6.07) is 9.74. The van der Waals surface area contributed by atoms with E-state index in [-0.39, 0.29) is 23.2 Å². The molecule has 3 nitrogen and oxygen atoms in total.